The fourth-order valence-corrected chi connectivity index (χ4v) is 1.87. The van der Waals surface area contributed by atoms with Crippen molar-refractivity contribution in [1.29, 1.82) is 0 Å². The maximum atomic E-state index is 5.91. The van der Waals surface area contributed by atoms with E-state index in [0.717, 1.165) is 23.5 Å². The Morgan fingerprint density at radius 3 is 2.40 bits per heavy atom. The van der Waals surface area contributed by atoms with E-state index in [-0.39, 0.29) is 12.1 Å². The number of rotatable bonds is 4. The lowest BCUT2D eigenvalue weighted by Crippen LogP contribution is -2.17. The van der Waals surface area contributed by atoms with Crippen molar-refractivity contribution in [1.82, 2.24) is 9.78 Å². The number of aromatic nitrogens is 2. The summed E-state index contributed by atoms with van der Waals surface area (Å²) in [6.07, 6.45) is 0.170. The van der Waals surface area contributed by atoms with Crippen molar-refractivity contribution < 1.29 is 4.74 Å². The minimum atomic E-state index is 0.0385. The zero-order valence-electron chi connectivity index (χ0n) is 10.2. The van der Waals surface area contributed by atoms with Gasteiger partial charge in [-0.05, 0) is 27.7 Å². The Labute approximate surface area is 91.4 Å². The maximum Gasteiger partial charge on any atom is 0.0739 e. The molecular formula is C11H21N3O. The van der Waals surface area contributed by atoms with Gasteiger partial charge in [-0.2, -0.15) is 5.10 Å². The van der Waals surface area contributed by atoms with Gasteiger partial charge in [0.05, 0.1) is 18.3 Å². The van der Waals surface area contributed by atoms with Gasteiger partial charge in [0.15, 0.2) is 0 Å². The maximum absolute atomic E-state index is 5.91. The fraction of sp³-hybridized carbons (Fsp3) is 0.727. The molecular weight excluding hydrogens is 190 g/mol. The van der Waals surface area contributed by atoms with Crippen LogP contribution >= 0.6 is 0 Å². The number of hydrogen-bond acceptors (Lipinski definition) is 3. The molecule has 1 aromatic rings. The average Bonchev–Trinajstić information content (AvgIpc) is 2.41. The predicted molar refractivity (Wildman–Crippen MR) is 60.8 cm³/mol. The molecule has 0 fully saturated rings. The summed E-state index contributed by atoms with van der Waals surface area (Å²) in [5.41, 5.74) is 9.22. The van der Waals surface area contributed by atoms with Crippen molar-refractivity contribution in [2.45, 2.75) is 46.4 Å². The van der Waals surface area contributed by atoms with Gasteiger partial charge in [0.1, 0.15) is 0 Å². The topological polar surface area (TPSA) is 53.1 Å². The SMILES string of the molecule is COC(C)Cn1nc(C)c(C(C)N)c1C. The third kappa shape index (κ3) is 2.58. The Bertz CT molecular complexity index is 331. The first-order chi connectivity index (χ1) is 6.97. The number of nitrogens with zero attached hydrogens (tertiary/aromatic N) is 2. The Hall–Kier alpha value is -0.870. The fourth-order valence-electron chi connectivity index (χ4n) is 1.87. The monoisotopic (exact) mass is 211 g/mol. The van der Waals surface area contributed by atoms with E-state index in [4.69, 9.17) is 10.5 Å². The molecule has 0 aromatic carbocycles. The molecule has 0 saturated heterocycles. The molecule has 86 valence electrons. The highest BCUT2D eigenvalue weighted by molar-refractivity contribution is 5.27. The standard InChI is InChI=1S/C11H21N3O/c1-7(15-5)6-14-10(4)11(8(2)12)9(3)13-14/h7-8H,6,12H2,1-5H3. The molecule has 4 nitrogen and oxygen atoms in total. The highest BCUT2D eigenvalue weighted by Crippen LogP contribution is 2.19. The number of methoxy groups -OCH3 is 1. The number of ether oxygens (including phenoxy) is 1. The van der Waals surface area contributed by atoms with Crippen molar-refractivity contribution >= 4 is 0 Å². The van der Waals surface area contributed by atoms with Crippen molar-refractivity contribution in [3.05, 3.63) is 17.0 Å². The largest absolute Gasteiger partial charge is 0.380 e. The summed E-state index contributed by atoms with van der Waals surface area (Å²) in [4.78, 5) is 0. The Morgan fingerprint density at radius 1 is 1.40 bits per heavy atom. The van der Waals surface area contributed by atoms with Crippen LogP contribution in [0.1, 0.15) is 36.8 Å². The molecule has 0 bridgehead atoms. The molecule has 0 amide bonds. The van der Waals surface area contributed by atoms with Crippen LogP contribution in [0.15, 0.2) is 0 Å². The van der Waals surface area contributed by atoms with Gasteiger partial charge < -0.3 is 10.5 Å². The number of aryl methyl sites for hydroxylation is 1. The number of nitrogens with two attached hydrogens (primary N) is 1. The molecule has 0 aliphatic carbocycles. The van der Waals surface area contributed by atoms with Crippen molar-refractivity contribution in [3.63, 3.8) is 0 Å². The second-order valence-corrected chi connectivity index (χ2v) is 4.10. The molecule has 0 spiro atoms. The molecule has 0 saturated carbocycles. The minimum absolute atomic E-state index is 0.0385. The third-order valence-corrected chi connectivity index (χ3v) is 2.73. The Balaban J connectivity index is 2.96. The summed E-state index contributed by atoms with van der Waals surface area (Å²) in [5.74, 6) is 0. The van der Waals surface area contributed by atoms with Crippen LogP contribution < -0.4 is 5.73 Å². The molecule has 0 radical (unpaired) electrons. The first-order valence-electron chi connectivity index (χ1n) is 5.29. The van der Waals surface area contributed by atoms with Gasteiger partial charge >= 0.3 is 0 Å². The van der Waals surface area contributed by atoms with E-state index in [1.165, 1.54) is 0 Å². The molecule has 4 heteroatoms. The van der Waals surface area contributed by atoms with E-state index in [1.54, 1.807) is 7.11 Å². The molecule has 2 unspecified atom stereocenters. The second-order valence-electron chi connectivity index (χ2n) is 4.10. The van der Waals surface area contributed by atoms with Crippen molar-refractivity contribution in [2.24, 2.45) is 5.73 Å². The van der Waals surface area contributed by atoms with Crippen LogP contribution in [-0.2, 0) is 11.3 Å². The lowest BCUT2D eigenvalue weighted by Gasteiger charge is -2.11. The van der Waals surface area contributed by atoms with E-state index < -0.39 is 0 Å². The summed E-state index contributed by atoms with van der Waals surface area (Å²) < 4.78 is 7.20. The Morgan fingerprint density at radius 2 is 2.00 bits per heavy atom. The third-order valence-electron chi connectivity index (χ3n) is 2.73. The molecule has 2 atom stereocenters. The van der Waals surface area contributed by atoms with Gasteiger partial charge in [0.2, 0.25) is 0 Å². The van der Waals surface area contributed by atoms with Crippen LogP contribution in [0.2, 0.25) is 0 Å². The average molecular weight is 211 g/mol. The minimum Gasteiger partial charge on any atom is -0.380 e. The molecule has 15 heavy (non-hydrogen) atoms. The van der Waals surface area contributed by atoms with E-state index in [9.17, 15) is 0 Å². The first-order valence-corrected chi connectivity index (χ1v) is 5.29. The zero-order chi connectivity index (χ0) is 11.6. The van der Waals surface area contributed by atoms with Crippen LogP contribution in [0.3, 0.4) is 0 Å². The molecule has 1 aromatic heterocycles. The molecule has 0 aliphatic heterocycles. The van der Waals surface area contributed by atoms with Gasteiger partial charge in [0.25, 0.3) is 0 Å². The van der Waals surface area contributed by atoms with Gasteiger partial charge in [-0.1, -0.05) is 0 Å². The quantitative estimate of drug-likeness (QED) is 0.822. The van der Waals surface area contributed by atoms with Crippen LogP contribution in [-0.4, -0.2) is 23.0 Å². The molecule has 1 heterocycles. The van der Waals surface area contributed by atoms with Crippen LogP contribution in [0.4, 0.5) is 0 Å². The normalized spacial score (nSPS) is 15.3. The van der Waals surface area contributed by atoms with E-state index in [1.807, 2.05) is 25.5 Å². The molecule has 2 N–H and O–H groups in total. The molecule has 1 rings (SSSR count). The van der Waals surface area contributed by atoms with Gasteiger partial charge in [-0.3, -0.25) is 4.68 Å². The second kappa shape index (κ2) is 4.77. The van der Waals surface area contributed by atoms with Crippen LogP contribution in [0.25, 0.3) is 0 Å². The van der Waals surface area contributed by atoms with Gasteiger partial charge in [-0.25, -0.2) is 0 Å². The predicted octanol–water partition coefficient (Wildman–Crippen LogP) is 1.55. The zero-order valence-corrected chi connectivity index (χ0v) is 10.2. The molecule has 0 aliphatic rings. The van der Waals surface area contributed by atoms with E-state index >= 15 is 0 Å². The van der Waals surface area contributed by atoms with Gasteiger partial charge in [0, 0.05) is 24.4 Å². The Kier molecular flexibility index (Phi) is 3.88. The lowest BCUT2D eigenvalue weighted by atomic mass is 10.1. The summed E-state index contributed by atoms with van der Waals surface area (Å²) in [6, 6.07) is 0.0385. The number of hydrogen-bond donors (Lipinski definition) is 1. The summed E-state index contributed by atoms with van der Waals surface area (Å²) in [5, 5.41) is 4.48. The highest BCUT2D eigenvalue weighted by atomic mass is 16.5. The lowest BCUT2D eigenvalue weighted by molar-refractivity contribution is 0.0991. The van der Waals surface area contributed by atoms with Crippen molar-refractivity contribution in [2.75, 3.05) is 7.11 Å². The first kappa shape index (κ1) is 12.2. The van der Waals surface area contributed by atoms with E-state index in [0.29, 0.717) is 0 Å². The van der Waals surface area contributed by atoms with Gasteiger partial charge in [-0.15, -0.1) is 0 Å². The summed E-state index contributed by atoms with van der Waals surface area (Å²) in [7, 11) is 1.71. The van der Waals surface area contributed by atoms with E-state index in [2.05, 4.69) is 12.0 Å². The summed E-state index contributed by atoms with van der Waals surface area (Å²) in [6.45, 7) is 8.85. The summed E-state index contributed by atoms with van der Waals surface area (Å²) >= 11 is 0. The van der Waals surface area contributed by atoms with Crippen molar-refractivity contribution in [3.8, 4) is 0 Å². The smallest absolute Gasteiger partial charge is 0.0739 e. The van der Waals surface area contributed by atoms with Crippen LogP contribution in [0, 0.1) is 13.8 Å². The van der Waals surface area contributed by atoms with Crippen LogP contribution in [0.5, 0.6) is 0 Å². The highest BCUT2D eigenvalue weighted by Gasteiger charge is 2.15.